The van der Waals surface area contributed by atoms with E-state index in [0.29, 0.717) is 23.7 Å². The van der Waals surface area contributed by atoms with Crippen LogP contribution in [0.15, 0.2) is 84.0 Å². The van der Waals surface area contributed by atoms with Gasteiger partial charge in [-0.3, -0.25) is 15.1 Å². The van der Waals surface area contributed by atoms with Crippen LogP contribution in [-0.2, 0) is 0 Å². The molecular formula is C25H23ClN4O. The maximum Gasteiger partial charge on any atom is 0.253 e. The fourth-order valence-corrected chi connectivity index (χ4v) is 4.39. The van der Waals surface area contributed by atoms with Gasteiger partial charge in [-0.25, -0.2) is 0 Å². The van der Waals surface area contributed by atoms with E-state index in [0.717, 1.165) is 29.9 Å². The SMILES string of the molecule is O=C(c1ccc(Cl)cc1)N1CCN(C2NN=C(c3ccccc3)c3ccccc32)CC1. The van der Waals surface area contributed by atoms with E-state index in [1.165, 1.54) is 5.56 Å². The van der Waals surface area contributed by atoms with Crippen molar-refractivity contribution in [2.75, 3.05) is 26.2 Å². The van der Waals surface area contributed by atoms with Gasteiger partial charge >= 0.3 is 0 Å². The summed E-state index contributed by atoms with van der Waals surface area (Å²) in [4.78, 5) is 17.1. The molecule has 5 rings (SSSR count). The summed E-state index contributed by atoms with van der Waals surface area (Å²) in [6.45, 7) is 2.91. The molecule has 2 aliphatic rings. The Labute approximate surface area is 186 Å². The van der Waals surface area contributed by atoms with Crippen molar-refractivity contribution in [3.63, 3.8) is 0 Å². The largest absolute Gasteiger partial charge is 0.336 e. The standard InChI is InChI=1S/C25H23ClN4O/c26-20-12-10-19(11-13-20)25(31)30-16-14-29(15-17-30)24-22-9-5-4-8-21(22)23(27-28-24)18-6-2-1-3-7-18/h1-13,24,28H,14-17H2. The number of rotatable bonds is 3. The molecule has 156 valence electrons. The van der Waals surface area contributed by atoms with E-state index >= 15 is 0 Å². The van der Waals surface area contributed by atoms with Gasteiger partial charge in [0.15, 0.2) is 0 Å². The zero-order valence-corrected chi connectivity index (χ0v) is 17.8. The minimum absolute atomic E-state index is 0.00329. The van der Waals surface area contributed by atoms with Crippen molar-refractivity contribution < 1.29 is 4.79 Å². The van der Waals surface area contributed by atoms with Gasteiger partial charge < -0.3 is 4.90 Å². The summed E-state index contributed by atoms with van der Waals surface area (Å²) in [5, 5.41) is 5.38. The maximum absolute atomic E-state index is 12.8. The molecule has 6 heteroatoms. The first kappa shape index (κ1) is 19.8. The topological polar surface area (TPSA) is 47.9 Å². The van der Waals surface area contributed by atoms with Crippen molar-refractivity contribution in [1.29, 1.82) is 0 Å². The Morgan fingerprint density at radius 3 is 2.29 bits per heavy atom. The van der Waals surface area contributed by atoms with E-state index < -0.39 is 0 Å². The number of nitrogens with one attached hydrogen (secondary N) is 1. The molecule has 5 nitrogen and oxygen atoms in total. The quantitative estimate of drug-likeness (QED) is 0.679. The number of halogens is 1. The number of piperazine rings is 1. The lowest BCUT2D eigenvalue weighted by molar-refractivity contribution is 0.0525. The third-order valence-corrected chi connectivity index (χ3v) is 6.17. The highest BCUT2D eigenvalue weighted by molar-refractivity contribution is 6.30. The molecule has 31 heavy (non-hydrogen) atoms. The van der Waals surface area contributed by atoms with Crippen LogP contribution >= 0.6 is 11.6 Å². The van der Waals surface area contributed by atoms with Crippen LogP contribution in [0, 0.1) is 0 Å². The number of hydrogen-bond donors (Lipinski definition) is 1. The van der Waals surface area contributed by atoms with Crippen LogP contribution in [0.2, 0.25) is 5.02 Å². The van der Waals surface area contributed by atoms with Gasteiger partial charge in [-0.1, -0.05) is 66.2 Å². The summed E-state index contributed by atoms with van der Waals surface area (Å²) in [6.07, 6.45) is -0.00329. The first-order valence-corrected chi connectivity index (χ1v) is 10.9. The van der Waals surface area contributed by atoms with Gasteiger partial charge in [0.1, 0.15) is 6.17 Å². The Kier molecular flexibility index (Phi) is 5.45. The Morgan fingerprint density at radius 1 is 0.871 bits per heavy atom. The summed E-state index contributed by atoms with van der Waals surface area (Å²) < 4.78 is 0. The van der Waals surface area contributed by atoms with Crippen molar-refractivity contribution in [1.82, 2.24) is 15.2 Å². The molecule has 3 aromatic carbocycles. The number of hydrazone groups is 1. The van der Waals surface area contributed by atoms with Crippen LogP contribution in [0.5, 0.6) is 0 Å². The number of carbonyl (C=O) groups excluding carboxylic acids is 1. The number of nitrogens with zero attached hydrogens (tertiary/aromatic N) is 3. The number of fused-ring (bicyclic) bond motifs is 1. The van der Waals surface area contributed by atoms with Gasteiger partial charge in [0.25, 0.3) is 5.91 Å². The summed E-state index contributed by atoms with van der Waals surface area (Å²) in [7, 11) is 0. The fourth-order valence-electron chi connectivity index (χ4n) is 4.26. The average molecular weight is 431 g/mol. The van der Waals surface area contributed by atoms with E-state index in [2.05, 4.69) is 46.7 Å². The molecule has 0 saturated carbocycles. The molecular weight excluding hydrogens is 408 g/mol. The van der Waals surface area contributed by atoms with Crippen LogP contribution < -0.4 is 5.43 Å². The summed E-state index contributed by atoms with van der Waals surface area (Å²) in [6, 6.07) is 25.8. The first-order valence-electron chi connectivity index (χ1n) is 10.5. The number of amides is 1. The summed E-state index contributed by atoms with van der Waals surface area (Å²) >= 11 is 5.95. The molecule has 2 aliphatic heterocycles. The highest BCUT2D eigenvalue weighted by Gasteiger charge is 2.31. The Bertz CT molecular complexity index is 1110. The van der Waals surface area contributed by atoms with E-state index in [9.17, 15) is 4.79 Å². The Balaban J connectivity index is 1.32. The van der Waals surface area contributed by atoms with Crippen molar-refractivity contribution in [2.45, 2.75) is 6.17 Å². The zero-order valence-electron chi connectivity index (χ0n) is 17.0. The smallest absolute Gasteiger partial charge is 0.253 e. The molecule has 1 unspecified atom stereocenters. The second kappa shape index (κ2) is 8.53. The summed E-state index contributed by atoms with van der Waals surface area (Å²) in [5.74, 6) is 0.0534. The Hall–Kier alpha value is -3.15. The maximum atomic E-state index is 12.8. The first-order chi connectivity index (χ1) is 15.2. The third-order valence-electron chi connectivity index (χ3n) is 5.91. The van der Waals surface area contributed by atoms with E-state index in [1.807, 2.05) is 23.1 Å². The van der Waals surface area contributed by atoms with Gasteiger partial charge in [0.05, 0.1) is 5.71 Å². The molecule has 1 fully saturated rings. The molecule has 1 N–H and O–H groups in total. The zero-order chi connectivity index (χ0) is 21.2. The molecule has 0 aromatic heterocycles. The normalized spacial score (nSPS) is 18.7. The molecule has 2 heterocycles. The Morgan fingerprint density at radius 2 is 1.55 bits per heavy atom. The van der Waals surface area contributed by atoms with Crippen molar-refractivity contribution in [2.24, 2.45) is 5.10 Å². The van der Waals surface area contributed by atoms with Crippen LogP contribution in [0.3, 0.4) is 0 Å². The fraction of sp³-hybridized carbons (Fsp3) is 0.200. The van der Waals surface area contributed by atoms with Gasteiger partial charge in [-0.05, 0) is 29.8 Å². The molecule has 0 radical (unpaired) electrons. The predicted molar refractivity (Wildman–Crippen MR) is 123 cm³/mol. The predicted octanol–water partition coefficient (Wildman–Crippen LogP) is 4.15. The lowest BCUT2D eigenvalue weighted by Gasteiger charge is -2.41. The number of carbonyl (C=O) groups is 1. The van der Waals surface area contributed by atoms with Crippen molar-refractivity contribution >= 4 is 23.2 Å². The lowest BCUT2D eigenvalue weighted by Crippen LogP contribution is -2.52. The van der Waals surface area contributed by atoms with Gasteiger partial charge in [0.2, 0.25) is 0 Å². The molecule has 1 amide bonds. The van der Waals surface area contributed by atoms with Crippen LogP contribution in [-0.4, -0.2) is 47.6 Å². The second-order valence-corrected chi connectivity index (χ2v) is 8.22. The minimum atomic E-state index is -0.00329. The van der Waals surface area contributed by atoms with Crippen molar-refractivity contribution in [3.05, 3.63) is 106 Å². The van der Waals surface area contributed by atoms with E-state index in [4.69, 9.17) is 16.7 Å². The molecule has 0 bridgehead atoms. The average Bonchev–Trinajstić information content (AvgIpc) is 2.84. The van der Waals surface area contributed by atoms with Gasteiger partial charge in [0, 0.05) is 47.9 Å². The van der Waals surface area contributed by atoms with Crippen molar-refractivity contribution in [3.8, 4) is 0 Å². The lowest BCUT2D eigenvalue weighted by atomic mass is 9.94. The third kappa shape index (κ3) is 3.94. The molecule has 3 aromatic rings. The van der Waals surface area contributed by atoms with E-state index in [-0.39, 0.29) is 12.1 Å². The van der Waals surface area contributed by atoms with Gasteiger partial charge in [-0.2, -0.15) is 5.10 Å². The molecule has 1 atom stereocenters. The van der Waals surface area contributed by atoms with E-state index in [1.54, 1.807) is 24.3 Å². The minimum Gasteiger partial charge on any atom is -0.336 e. The highest BCUT2D eigenvalue weighted by Crippen LogP contribution is 2.29. The molecule has 1 saturated heterocycles. The van der Waals surface area contributed by atoms with Gasteiger partial charge in [-0.15, -0.1) is 0 Å². The number of hydrogen-bond acceptors (Lipinski definition) is 4. The summed E-state index contributed by atoms with van der Waals surface area (Å²) in [5.41, 5.74) is 8.47. The highest BCUT2D eigenvalue weighted by atomic mass is 35.5. The van der Waals surface area contributed by atoms with Crippen LogP contribution in [0.1, 0.15) is 33.2 Å². The molecule has 0 spiro atoms. The molecule has 0 aliphatic carbocycles. The number of benzene rings is 3. The second-order valence-electron chi connectivity index (χ2n) is 7.78. The van der Waals surface area contributed by atoms with Crippen LogP contribution in [0.25, 0.3) is 0 Å². The van der Waals surface area contributed by atoms with Crippen LogP contribution in [0.4, 0.5) is 0 Å². The monoisotopic (exact) mass is 430 g/mol.